The fraction of sp³-hybridized carbons (Fsp3) is 0.938. The van der Waals surface area contributed by atoms with Gasteiger partial charge in [-0.2, -0.15) is 11.8 Å². The van der Waals surface area contributed by atoms with E-state index in [-0.39, 0.29) is 28.7 Å². The highest BCUT2D eigenvalue weighted by Gasteiger charge is 2.16. The molecule has 1 atom stereocenters. The van der Waals surface area contributed by atoms with Crippen molar-refractivity contribution in [3.63, 3.8) is 0 Å². The van der Waals surface area contributed by atoms with Crippen LogP contribution in [0.1, 0.15) is 41.0 Å². The quantitative estimate of drug-likeness (QED) is 0.325. The summed E-state index contributed by atoms with van der Waals surface area (Å²) in [6.45, 7) is 13.7. The summed E-state index contributed by atoms with van der Waals surface area (Å²) in [5.41, 5.74) is 0. The van der Waals surface area contributed by atoms with E-state index in [9.17, 15) is 0 Å². The van der Waals surface area contributed by atoms with Crippen LogP contribution in [-0.4, -0.2) is 61.6 Å². The van der Waals surface area contributed by atoms with E-state index >= 15 is 0 Å². The molecule has 0 spiro atoms. The Morgan fingerprint density at radius 2 is 1.82 bits per heavy atom. The molecule has 4 nitrogen and oxygen atoms in total. The fourth-order valence-electron chi connectivity index (χ4n) is 1.91. The van der Waals surface area contributed by atoms with Crippen molar-refractivity contribution in [2.24, 2.45) is 10.9 Å². The third-order valence-electron chi connectivity index (χ3n) is 3.49. The number of nitrogens with zero attached hydrogens (tertiary/aromatic N) is 2. The summed E-state index contributed by atoms with van der Waals surface area (Å²) in [4.78, 5) is 7.02. The predicted octanol–water partition coefficient (Wildman–Crippen LogP) is 3.28. The van der Waals surface area contributed by atoms with Crippen molar-refractivity contribution in [1.29, 1.82) is 0 Å². The van der Waals surface area contributed by atoms with Crippen LogP contribution in [0.25, 0.3) is 0 Å². The largest absolute Gasteiger partial charge is 0.357 e. The zero-order chi connectivity index (χ0) is 16.5. The van der Waals surface area contributed by atoms with E-state index in [0.717, 1.165) is 25.6 Å². The molecule has 0 saturated heterocycles. The third-order valence-corrected chi connectivity index (χ3v) is 4.73. The van der Waals surface area contributed by atoms with Crippen molar-refractivity contribution in [3.05, 3.63) is 0 Å². The average molecular weight is 444 g/mol. The van der Waals surface area contributed by atoms with Crippen LogP contribution in [0.5, 0.6) is 0 Å². The van der Waals surface area contributed by atoms with E-state index in [1.54, 1.807) is 0 Å². The highest BCUT2D eigenvalue weighted by Crippen LogP contribution is 2.20. The van der Waals surface area contributed by atoms with E-state index in [0.29, 0.717) is 12.0 Å². The summed E-state index contributed by atoms with van der Waals surface area (Å²) in [6, 6.07) is 0.530. The minimum atomic E-state index is 0. The van der Waals surface area contributed by atoms with Crippen molar-refractivity contribution in [2.75, 3.05) is 40.0 Å². The summed E-state index contributed by atoms with van der Waals surface area (Å²) < 4.78 is 0.182. The van der Waals surface area contributed by atoms with E-state index in [4.69, 9.17) is 4.99 Å². The van der Waals surface area contributed by atoms with Crippen molar-refractivity contribution in [1.82, 2.24) is 15.5 Å². The van der Waals surface area contributed by atoms with Gasteiger partial charge in [0.25, 0.3) is 0 Å². The maximum absolute atomic E-state index is 4.72. The van der Waals surface area contributed by atoms with Crippen LogP contribution in [-0.2, 0) is 0 Å². The van der Waals surface area contributed by atoms with Crippen LogP contribution in [0.3, 0.4) is 0 Å². The topological polar surface area (TPSA) is 39.7 Å². The molecule has 0 heterocycles. The molecule has 0 aromatic heterocycles. The number of nitrogens with one attached hydrogen (secondary N) is 2. The van der Waals surface area contributed by atoms with Gasteiger partial charge in [0.05, 0.1) is 6.54 Å². The van der Waals surface area contributed by atoms with Gasteiger partial charge in [0.2, 0.25) is 0 Å². The molecule has 0 aromatic rings. The highest BCUT2D eigenvalue weighted by molar-refractivity contribution is 14.0. The van der Waals surface area contributed by atoms with E-state index in [1.165, 1.54) is 6.42 Å². The Hall–Kier alpha value is 0.310. The molecule has 22 heavy (non-hydrogen) atoms. The van der Waals surface area contributed by atoms with Crippen molar-refractivity contribution < 1.29 is 0 Å². The normalized spacial score (nSPS) is 14.0. The van der Waals surface area contributed by atoms with Gasteiger partial charge in [-0.15, -0.1) is 24.0 Å². The number of likely N-dealkylation sites (N-methyl/N-ethyl adjacent to an activating group) is 1. The van der Waals surface area contributed by atoms with Gasteiger partial charge in [-0.3, -0.25) is 4.99 Å². The first-order valence-electron chi connectivity index (χ1n) is 7.95. The van der Waals surface area contributed by atoms with Crippen LogP contribution in [0, 0.1) is 5.92 Å². The lowest BCUT2D eigenvalue weighted by Gasteiger charge is -2.27. The van der Waals surface area contributed by atoms with Crippen LogP contribution < -0.4 is 10.6 Å². The molecule has 0 aromatic carbocycles. The first-order valence-corrected chi connectivity index (χ1v) is 9.18. The smallest absolute Gasteiger partial charge is 0.191 e. The minimum absolute atomic E-state index is 0. The number of thioether (sulfide) groups is 1. The second-order valence-electron chi connectivity index (χ2n) is 6.79. The molecule has 0 fully saturated rings. The Bertz CT molecular complexity index is 307. The van der Waals surface area contributed by atoms with Crippen molar-refractivity contribution >= 4 is 41.7 Å². The van der Waals surface area contributed by atoms with E-state index in [1.807, 2.05) is 11.8 Å². The summed E-state index contributed by atoms with van der Waals surface area (Å²) in [7, 11) is 4.30. The van der Waals surface area contributed by atoms with Gasteiger partial charge >= 0.3 is 0 Å². The van der Waals surface area contributed by atoms with E-state index in [2.05, 4.69) is 70.5 Å². The van der Waals surface area contributed by atoms with Crippen LogP contribution in [0.2, 0.25) is 0 Å². The summed E-state index contributed by atoms with van der Waals surface area (Å²) >= 11 is 1.85. The maximum Gasteiger partial charge on any atom is 0.191 e. The first-order chi connectivity index (χ1) is 9.71. The molecule has 0 rings (SSSR count). The molecule has 6 heteroatoms. The molecule has 2 N–H and O–H groups in total. The van der Waals surface area contributed by atoms with Gasteiger partial charge in [-0.1, -0.05) is 13.8 Å². The number of aliphatic imine (C=N–C) groups is 1. The average Bonchev–Trinajstić information content (AvgIpc) is 2.39. The van der Waals surface area contributed by atoms with Gasteiger partial charge in [-0.25, -0.2) is 0 Å². The second kappa shape index (κ2) is 12.7. The number of hydrogen-bond donors (Lipinski definition) is 2. The van der Waals surface area contributed by atoms with Crippen LogP contribution in [0.15, 0.2) is 4.99 Å². The second-order valence-corrected chi connectivity index (χ2v) is 8.30. The number of rotatable bonds is 9. The summed E-state index contributed by atoms with van der Waals surface area (Å²) in [5, 5.41) is 6.83. The molecule has 0 aliphatic carbocycles. The summed E-state index contributed by atoms with van der Waals surface area (Å²) in [5.74, 6) is 1.63. The van der Waals surface area contributed by atoms with E-state index < -0.39 is 0 Å². The predicted molar refractivity (Wildman–Crippen MR) is 114 cm³/mol. The van der Waals surface area contributed by atoms with Gasteiger partial charge < -0.3 is 15.5 Å². The molecule has 0 aliphatic heterocycles. The lowest BCUT2D eigenvalue weighted by molar-refractivity contribution is 0.254. The lowest BCUT2D eigenvalue weighted by atomic mass is 10.0. The monoisotopic (exact) mass is 444 g/mol. The first kappa shape index (κ1) is 24.6. The number of halogens is 1. The van der Waals surface area contributed by atoms with Gasteiger partial charge in [0, 0.05) is 23.9 Å². The molecule has 0 saturated carbocycles. The Labute approximate surface area is 159 Å². The molecule has 0 bridgehead atoms. The van der Waals surface area contributed by atoms with Gasteiger partial charge in [-0.05, 0) is 53.5 Å². The highest BCUT2D eigenvalue weighted by atomic mass is 127. The SMILES string of the molecule is CCNC(=NCC(C)(C)SC)NCC(CC(C)C)N(C)C.I. The zero-order valence-electron chi connectivity index (χ0n) is 15.7. The third kappa shape index (κ3) is 11.8. The Balaban J connectivity index is 0. The Morgan fingerprint density at radius 1 is 1.23 bits per heavy atom. The van der Waals surface area contributed by atoms with Crippen LogP contribution in [0.4, 0.5) is 0 Å². The van der Waals surface area contributed by atoms with Gasteiger partial charge in [0.1, 0.15) is 0 Å². The molecule has 1 unspecified atom stereocenters. The minimum Gasteiger partial charge on any atom is -0.357 e. The number of hydrogen-bond acceptors (Lipinski definition) is 3. The van der Waals surface area contributed by atoms with Gasteiger partial charge in [0.15, 0.2) is 5.96 Å². The molecular weight excluding hydrogens is 407 g/mol. The molecule has 0 radical (unpaired) electrons. The Morgan fingerprint density at radius 3 is 2.23 bits per heavy atom. The van der Waals surface area contributed by atoms with Crippen LogP contribution >= 0.6 is 35.7 Å². The molecular formula is C16H37IN4S. The van der Waals surface area contributed by atoms with Crippen molar-refractivity contribution in [2.45, 2.75) is 51.8 Å². The maximum atomic E-state index is 4.72. The zero-order valence-corrected chi connectivity index (χ0v) is 18.8. The Kier molecular flexibility index (Phi) is 14.2. The lowest BCUT2D eigenvalue weighted by Crippen LogP contribution is -2.46. The fourth-order valence-corrected chi connectivity index (χ4v) is 2.10. The number of guanidine groups is 1. The van der Waals surface area contributed by atoms with Crippen molar-refractivity contribution in [3.8, 4) is 0 Å². The molecule has 0 aliphatic rings. The molecule has 134 valence electrons. The summed E-state index contributed by atoms with van der Waals surface area (Å²) in [6.07, 6.45) is 3.33. The standard InChI is InChI=1S/C16H36N4S.HI/c1-9-17-15(19-12-16(4,5)21-8)18-11-14(20(6)7)10-13(2)3;/h13-14H,9-12H2,1-8H3,(H2,17,18,19);1H. The molecule has 0 amide bonds.